The molecule has 3 atom stereocenters. The van der Waals surface area contributed by atoms with Crippen molar-refractivity contribution in [3.8, 4) is 0 Å². The largest absolute Gasteiger partial charge is 0.394 e. The third-order valence-corrected chi connectivity index (χ3v) is 2.43. The number of epoxide rings is 1. The normalized spacial score (nSPS) is 42.2. The minimum atomic E-state index is -0.450. The van der Waals surface area contributed by atoms with Gasteiger partial charge in [-0.15, -0.1) is 0 Å². The Balaban J connectivity index is 1.73. The number of rotatable bonds is 3. The fraction of sp³-hybridized carbons (Fsp3) is 1.00. The summed E-state index contributed by atoms with van der Waals surface area (Å²) in [6.07, 6.45) is 1.16. The molecule has 0 unspecified atom stereocenters. The van der Waals surface area contributed by atoms with E-state index in [1.165, 1.54) is 0 Å². The second-order valence-corrected chi connectivity index (χ2v) is 4.08. The fourth-order valence-electron chi connectivity index (χ4n) is 1.69. The minimum Gasteiger partial charge on any atom is -0.394 e. The molecule has 0 aromatic rings. The highest BCUT2D eigenvalue weighted by atomic mass is 16.7. The summed E-state index contributed by atoms with van der Waals surface area (Å²) >= 11 is 0. The Bertz CT molecular complexity index is 192. The van der Waals surface area contributed by atoms with Crippen LogP contribution in [0.4, 0.5) is 0 Å². The molecule has 0 spiro atoms. The van der Waals surface area contributed by atoms with E-state index in [0.29, 0.717) is 6.61 Å². The first-order valence-electron chi connectivity index (χ1n) is 4.69. The second-order valence-electron chi connectivity index (χ2n) is 4.08. The van der Waals surface area contributed by atoms with Crippen molar-refractivity contribution >= 4 is 0 Å². The van der Waals surface area contributed by atoms with E-state index in [1.54, 1.807) is 0 Å². The van der Waals surface area contributed by atoms with E-state index < -0.39 is 5.79 Å². The number of aliphatic hydroxyl groups excluding tert-OH is 1. The van der Waals surface area contributed by atoms with Gasteiger partial charge in [0.2, 0.25) is 0 Å². The van der Waals surface area contributed by atoms with Crippen molar-refractivity contribution in [1.82, 2.24) is 0 Å². The lowest BCUT2D eigenvalue weighted by Gasteiger charge is -2.16. The number of hydrogen-bond donors (Lipinski definition) is 1. The number of hydrogen-bond acceptors (Lipinski definition) is 4. The zero-order valence-corrected chi connectivity index (χ0v) is 8.03. The van der Waals surface area contributed by atoms with Gasteiger partial charge in [-0.2, -0.15) is 0 Å². The van der Waals surface area contributed by atoms with Crippen LogP contribution in [0.5, 0.6) is 0 Å². The van der Waals surface area contributed by atoms with Crippen LogP contribution in [-0.2, 0) is 14.2 Å². The standard InChI is InChI=1S/C9H16O4/c1-9(2)11-5-6(13-9)3-7-8(4-10)12-7/h6-8,10H,3-5H2,1-2H3/t6-,7-,8-/m0/s1. The van der Waals surface area contributed by atoms with Crippen LogP contribution in [0.1, 0.15) is 20.3 Å². The van der Waals surface area contributed by atoms with E-state index >= 15 is 0 Å². The Morgan fingerprint density at radius 2 is 2.15 bits per heavy atom. The van der Waals surface area contributed by atoms with Gasteiger partial charge in [0.15, 0.2) is 5.79 Å². The maximum Gasteiger partial charge on any atom is 0.163 e. The molecule has 2 aliphatic heterocycles. The Kier molecular flexibility index (Phi) is 2.32. The van der Waals surface area contributed by atoms with Gasteiger partial charge in [-0.25, -0.2) is 0 Å². The molecule has 0 radical (unpaired) electrons. The Hall–Kier alpha value is -0.160. The van der Waals surface area contributed by atoms with Crippen LogP contribution in [0.25, 0.3) is 0 Å². The summed E-state index contributed by atoms with van der Waals surface area (Å²) in [5.41, 5.74) is 0. The number of aliphatic hydroxyl groups is 1. The summed E-state index contributed by atoms with van der Waals surface area (Å²) in [4.78, 5) is 0. The second kappa shape index (κ2) is 3.20. The molecular formula is C9H16O4. The first-order valence-corrected chi connectivity index (χ1v) is 4.69. The molecule has 2 heterocycles. The quantitative estimate of drug-likeness (QED) is 0.647. The van der Waals surface area contributed by atoms with E-state index in [1.807, 2.05) is 13.8 Å². The van der Waals surface area contributed by atoms with Crippen molar-refractivity contribution in [3.63, 3.8) is 0 Å². The summed E-state index contributed by atoms with van der Waals surface area (Å²) < 4.78 is 16.2. The molecule has 0 aliphatic carbocycles. The Morgan fingerprint density at radius 3 is 2.62 bits per heavy atom. The average molecular weight is 188 g/mol. The highest BCUT2D eigenvalue weighted by Crippen LogP contribution is 2.31. The van der Waals surface area contributed by atoms with Gasteiger partial charge in [-0.3, -0.25) is 0 Å². The van der Waals surface area contributed by atoms with Crippen molar-refractivity contribution in [2.75, 3.05) is 13.2 Å². The summed E-state index contributed by atoms with van der Waals surface area (Å²) in [6, 6.07) is 0. The molecule has 1 N–H and O–H groups in total. The molecule has 2 aliphatic rings. The molecule has 0 saturated carbocycles. The van der Waals surface area contributed by atoms with Gasteiger partial charge in [-0.1, -0.05) is 0 Å². The fourth-order valence-corrected chi connectivity index (χ4v) is 1.69. The van der Waals surface area contributed by atoms with Crippen molar-refractivity contribution in [2.45, 2.75) is 44.4 Å². The predicted octanol–water partition coefficient (Wildman–Crippen LogP) is 0.288. The van der Waals surface area contributed by atoms with Crippen LogP contribution < -0.4 is 0 Å². The Labute approximate surface area is 77.8 Å². The molecule has 0 amide bonds. The Morgan fingerprint density at radius 1 is 1.38 bits per heavy atom. The van der Waals surface area contributed by atoms with Gasteiger partial charge in [0.25, 0.3) is 0 Å². The molecule has 2 saturated heterocycles. The molecule has 4 heteroatoms. The SMILES string of the molecule is CC1(C)OC[C@H](C[C@@H]2O[C@H]2CO)O1. The predicted molar refractivity (Wildman–Crippen MR) is 45.3 cm³/mol. The molecule has 0 bridgehead atoms. The van der Waals surface area contributed by atoms with Crippen LogP contribution in [-0.4, -0.2) is 42.4 Å². The van der Waals surface area contributed by atoms with Gasteiger partial charge >= 0.3 is 0 Å². The lowest BCUT2D eigenvalue weighted by atomic mass is 10.2. The van der Waals surface area contributed by atoms with Gasteiger partial charge in [-0.05, 0) is 13.8 Å². The zero-order chi connectivity index (χ0) is 9.47. The van der Waals surface area contributed by atoms with Crippen molar-refractivity contribution in [2.24, 2.45) is 0 Å². The number of ether oxygens (including phenoxy) is 3. The molecule has 76 valence electrons. The first-order chi connectivity index (χ1) is 6.11. The third kappa shape index (κ3) is 2.20. The van der Waals surface area contributed by atoms with Crippen LogP contribution >= 0.6 is 0 Å². The van der Waals surface area contributed by atoms with Crippen molar-refractivity contribution < 1.29 is 19.3 Å². The minimum absolute atomic E-state index is 0.0345. The highest BCUT2D eigenvalue weighted by Gasteiger charge is 2.43. The molecule has 13 heavy (non-hydrogen) atoms. The topological polar surface area (TPSA) is 51.2 Å². The van der Waals surface area contributed by atoms with E-state index in [4.69, 9.17) is 19.3 Å². The summed E-state index contributed by atoms with van der Waals surface area (Å²) in [5.74, 6) is -0.450. The van der Waals surface area contributed by atoms with E-state index in [-0.39, 0.29) is 24.9 Å². The average Bonchev–Trinajstić information content (AvgIpc) is 2.70. The summed E-state index contributed by atoms with van der Waals surface area (Å²) in [5, 5.41) is 8.76. The summed E-state index contributed by atoms with van der Waals surface area (Å²) in [7, 11) is 0. The third-order valence-electron chi connectivity index (χ3n) is 2.43. The van der Waals surface area contributed by atoms with Crippen LogP contribution in [0.3, 0.4) is 0 Å². The highest BCUT2D eigenvalue weighted by molar-refractivity contribution is 4.88. The molecule has 0 aromatic heterocycles. The molecule has 4 nitrogen and oxygen atoms in total. The zero-order valence-electron chi connectivity index (χ0n) is 8.03. The maximum absolute atomic E-state index is 8.76. The smallest absolute Gasteiger partial charge is 0.163 e. The van der Waals surface area contributed by atoms with E-state index in [2.05, 4.69) is 0 Å². The van der Waals surface area contributed by atoms with Gasteiger partial charge in [0, 0.05) is 6.42 Å². The van der Waals surface area contributed by atoms with Gasteiger partial charge in [0.05, 0.1) is 25.4 Å². The lowest BCUT2D eigenvalue weighted by molar-refractivity contribution is -0.139. The van der Waals surface area contributed by atoms with E-state index in [0.717, 1.165) is 6.42 Å². The molecule has 0 aromatic carbocycles. The monoisotopic (exact) mass is 188 g/mol. The van der Waals surface area contributed by atoms with Crippen LogP contribution in [0.2, 0.25) is 0 Å². The molecule has 2 rings (SSSR count). The van der Waals surface area contributed by atoms with Gasteiger partial charge in [0.1, 0.15) is 6.10 Å². The van der Waals surface area contributed by atoms with Crippen LogP contribution in [0.15, 0.2) is 0 Å². The molecule has 2 fully saturated rings. The van der Waals surface area contributed by atoms with Crippen molar-refractivity contribution in [1.29, 1.82) is 0 Å². The lowest BCUT2D eigenvalue weighted by Crippen LogP contribution is -2.22. The van der Waals surface area contributed by atoms with Crippen LogP contribution in [0, 0.1) is 0 Å². The van der Waals surface area contributed by atoms with Crippen molar-refractivity contribution in [3.05, 3.63) is 0 Å². The summed E-state index contributed by atoms with van der Waals surface area (Å²) in [6.45, 7) is 4.56. The maximum atomic E-state index is 8.76. The van der Waals surface area contributed by atoms with E-state index in [9.17, 15) is 0 Å². The molecular weight excluding hydrogens is 172 g/mol. The van der Waals surface area contributed by atoms with Gasteiger partial charge < -0.3 is 19.3 Å². The first kappa shape index (κ1) is 9.40.